The van der Waals surface area contributed by atoms with E-state index in [1.54, 1.807) is 19.1 Å². The van der Waals surface area contributed by atoms with E-state index in [4.69, 9.17) is 4.74 Å². The molecule has 0 aromatic heterocycles. The molecule has 1 amide bonds. The van der Waals surface area contributed by atoms with Crippen LogP contribution >= 0.6 is 15.9 Å². The van der Waals surface area contributed by atoms with Gasteiger partial charge in [0.05, 0.1) is 11.4 Å². The standard InChI is InChI=1S/C10H11BrN2O4S/c1-6-10(14)12-8-4-7(2-3-9(8)17-6)13-18(15,16)5-11/h2-4,6,13H,5H2,1H3,(H,12,14). The molecule has 0 fully saturated rings. The Balaban J connectivity index is 2.28. The Morgan fingerprint density at radius 3 is 2.89 bits per heavy atom. The number of carbonyl (C=O) groups is 1. The van der Waals surface area contributed by atoms with Crippen molar-refractivity contribution >= 4 is 43.2 Å². The summed E-state index contributed by atoms with van der Waals surface area (Å²) in [5.74, 6) is 0.256. The minimum atomic E-state index is -3.41. The van der Waals surface area contributed by atoms with Crippen LogP contribution in [0.15, 0.2) is 18.2 Å². The normalized spacial score (nSPS) is 18.6. The Morgan fingerprint density at radius 1 is 1.50 bits per heavy atom. The van der Waals surface area contributed by atoms with Gasteiger partial charge in [-0.25, -0.2) is 8.42 Å². The molecule has 1 aliphatic heterocycles. The highest BCUT2D eigenvalue weighted by atomic mass is 79.9. The van der Waals surface area contributed by atoms with E-state index in [-0.39, 0.29) is 10.6 Å². The molecular formula is C10H11BrN2O4S. The Kier molecular flexibility index (Phi) is 3.49. The third-order valence-corrected chi connectivity index (χ3v) is 4.97. The number of fused-ring (bicyclic) bond motifs is 1. The highest BCUT2D eigenvalue weighted by Gasteiger charge is 2.23. The summed E-state index contributed by atoms with van der Waals surface area (Å²) in [6, 6.07) is 4.69. The first-order valence-electron chi connectivity index (χ1n) is 5.09. The Hall–Kier alpha value is -1.28. The fourth-order valence-electron chi connectivity index (χ4n) is 1.48. The van der Waals surface area contributed by atoms with Crippen LogP contribution in [0.3, 0.4) is 0 Å². The first-order chi connectivity index (χ1) is 8.41. The largest absolute Gasteiger partial charge is 0.479 e. The number of rotatable bonds is 3. The number of nitrogens with one attached hydrogen (secondary N) is 2. The summed E-state index contributed by atoms with van der Waals surface area (Å²) in [5.41, 5.74) is 0.819. The molecule has 18 heavy (non-hydrogen) atoms. The van der Waals surface area contributed by atoms with Crippen molar-refractivity contribution in [1.29, 1.82) is 0 Å². The van der Waals surface area contributed by atoms with Gasteiger partial charge >= 0.3 is 0 Å². The molecule has 8 heteroatoms. The van der Waals surface area contributed by atoms with E-state index in [2.05, 4.69) is 26.0 Å². The van der Waals surface area contributed by atoms with Gasteiger partial charge in [0.15, 0.2) is 6.10 Å². The molecule has 1 aliphatic rings. The van der Waals surface area contributed by atoms with E-state index in [0.717, 1.165) is 0 Å². The molecule has 1 atom stereocenters. The van der Waals surface area contributed by atoms with Gasteiger partial charge in [-0.1, -0.05) is 15.9 Å². The second kappa shape index (κ2) is 4.77. The van der Waals surface area contributed by atoms with Crippen molar-refractivity contribution in [2.75, 3.05) is 14.7 Å². The fraction of sp³-hybridized carbons (Fsp3) is 0.300. The molecule has 2 rings (SSSR count). The van der Waals surface area contributed by atoms with Gasteiger partial charge in [-0.2, -0.15) is 0 Å². The number of benzene rings is 1. The summed E-state index contributed by atoms with van der Waals surface area (Å²) < 4.78 is 30.3. The highest BCUT2D eigenvalue weighted by Crippen LogP contribution is 2.32. The van der Waals surface area contributed by atoms with Crippen LogP contribution in [0.4, 0.5) is 11.4 Å². The number of sulfonamides is 1. The maximum absolute atomic E-state index is 11.4. The summed E-state index contributed by atoms with van der Waals surface area (Å²) >= 11 is 2.88. The van der Waals surface area contributed by atoms with E-state index < -0.39 is 16.1 Å². The third kappa shape index (κ3) is 2.75. The number of amides is 1. The van der Waals surface area contributed by atoms with Crippen LogP contribution < -0.4 is 14.8 Å². The molecule has 1 heterocycles. The van der Waals surface area contributed by atoms with Crippen molar-refractivity contribution in [3.05, 3.63) is 18.2 Å². The molecule has 1 aromatic carbocycles. The topological polar surface area (TPSA) is 84.5 Å². The van der Waals surface area contributed by atoms with E-state index in [0.29, 0.717) is 17.1 Å². The van der Waals surface area contributed by atoms with Gasteiger partial charge in [0.1, 0.15) is 10.4 Å². The number of carbonyl (C=O) groups excluding carboxylic acids is 1. The first-order valence-corrected chi connectivity index (χ1v) is 7.87. The van der Waals surface area contributed by atoms with Gasteiger partial charge in [0.2, 0.25) is 10.0 Å². The van der Waals surface area contributed by atoms with Gasteiger partial charge in [0.25, 0.3) is 5.91 Å². The van der Waals surface area contributed by atoms with Crippen molar-refractivity contribution in [2.24, 2.45) is 0 Å². The minimum absolute atomic E-state index is 0.197. The zero-order valence-electron chi connectivity index (χ0n) is 9.44. The van der Waals surface area contributed by atoms with Crippen LogP contribution in [0.25, 0.3) is 0 Å². The Labute approximate surface area is 113 Å². The average Bonchev–Trinajstić information content (AvgIpc) is 2.31. The first kappa shape index (κ1) is 13.2. The SMILES string of the molecule is CC1Oc2ccc(NS(=O)(=O)CBr)cc2NC1=O. The van der Waals surface area contributed by atoms with Crippen LogP contribution in [-0.4, -0.2) is 25.1 Å². The van der Waals surface area contributed by atoms with Gasteiger partial charge < -0.3 is 10.1 Å². The smallest absolute Gasteiger partial charge is 0.265 e. The zero-order chi connectivity index (χ0) is 13.3. The lowest BCUT2D eigenvalue weighted by Crippen LogP contribution is -2.34. The number of alkyl halides is 1. The number of hydrogen-bond donors (Lipinski definition) is 2. The molecule has 0 saturated carbocycles. The molecule has 0 bridgehead atoms. The molecule has 0 radical (unpaired) electrons. The third-order valence-electron chi connectivity index (χ3n) is 2.33. The number of ether oxygens (including phenoxy) is 1. The maximum Gasteiger partial charge on any atom is 0.265 e. The van der Waals surface area contributed by atoms with Crippen LogP contribution in [0.1, 0.15) is 6.92 Å². The zero-order valence-corrected chi connectivity index (χ0v) is 11.8. The van der Waals surface area contributed by atoms with Crippen molar-refractivity contribution in [2.45, 2.75) is 13.0 Å². The summed E-state index contributed by atoms with van der Waals surface area (Å²) in [5, 5.41) is 2.64. The summed E-state index contributed by atoms with van der Waals surface area (Å²) in [7, 11) is -3.41. The molecule has 1 aromatic rings. The molecule has 1 unspecified atom stereocenters. The molecule has 0 spiro atoms. The molecule has 98 valence electrons. The molecule has 0 saturated heterocycles. The monoisotopic (exact) mass is 334 g/mol. The summed E-state index contributed by atoms with van der Waals surface area (Å²) in [6.07, 6.45) is -0.553. The second-order valence-corrected chi connectivity index (χ2v) is 6.81. The van der Waals surface area contributed by atoms with E-state index in [1.165, 1.54) is 6.07 Å². The van der Waals surface area contributed by atoms with Crippen LogP contribution in [0.5, 0.6) is 5.75 Å². The molecular weight excluding hydrogens is 324 g/mol. The summed E-state index contributed by atoms with van der Waals surface area (Å²) in [4.78, 5) is 11.4. The van der Waals surface area contributed by atoms with Crippen molar-refractivity contribution < 1.29 is 17.9 Å². The predicted octanol–water partition coefficient (Wildman–Crippen LogP) is 1.50. The minimum Gasteiger partial charge on any atom is -0.479 e. The Bertz CT molecular complexity index is 588. The van der Waals surface area contributed by atoms with Crippen molar-refractivity contribution in [3.8, 4) is 5.75 Å². The molecule has 6 nitrogen and oxygen atoms in total. The Morgan fingerprint density at radius 2 is 2.22 bits per heavy atom. The van der Waals surface area contributed by atoms with E-state index >= 15 is 0 Å². The summed E-state index contributed by atoms with van der Waals surface area (Å²) in [6.45, 7) is 1.64. The lowest BCUT2D eigenvalue weighted by Gasteiger charge is -2.23. The van der Waals surface area contributed by atoms with Gasteiger partial charge in [-0.15, -0.1) is 0 Å². The van der Waals surface area contributed by atoms with E-state index in [1.807, 2.05) is 0 Å². The van der Waals surface area contributed by atoms with Crippen LogP contribution in [-0.2, 0) is 14.8 Å². The fourth-order valence-corrected chi connectivity index (χ4v) is 2.36. The van der Waals surface area contributed by atoms with Gasteiger partial charge in [0, 0.05) is 0 Å². The molecule has 0 aliphatic carbocycles. The maximum atomic E-state index is 11.4. The quantitative estimate of drug-likeness (QED) is 0.820. The van der Waals surface area contributed by atoms with Gasteiger partial charge in [-0.3, -0.25) is 9.52 Å². The lowest BCUT2D eigenvalue weighted by molar-refractivity contribution is -0.122. The van der Waals surface area contributed by atoms with Gasteiger partial charge in [-0.05, 0) is 25.1 Å². The van der Waals surface area contributed by atoms with Crippen LogP contribution in [0, 0.1) is 0 Å². The van der Waals surface area contributed by atoms with Crippen molar-refractivity contribution in [3.63, 3.8) is 0 Å². The highest BCUT2D eigenvalue weighted by molar-refractivity contribution is 9.10. The van der Waals surface area contributed by atoms with Crippen LogP contribution in [0.2, 0.25) is 0 Å². The average molecular weight is 335 g/mol. The number of halogens is 1. The second-order valence-electron chi connectivity index (χ2n) is 3.79. The predicted molar refractivity (Wildman–Crippen MR) is 71.5 cm³/mol. The lowest BCUT2D eigenvalue weighted by atomic mass is 10.2. The number of anilines is 2. The number of hydrogen-bond acceptors (Lipinski definition) is 4. The van der Waals surface area contributed by atoms with E-state index in [9.17, 15) is 13.2 Å². The van der Waals surface area contributed by atoms with Crippen molar-refractivity contribution in [1.82, 2.24) is 0 Å². The molecule has 2 N–H and O–H groups in total.